The second-order valence-corrected chi connectivity index (χ2v) is 8.34. The molecule has 6 nitrogen and oxygen atoms in total. The molecule has 3 aromatic rings. The Morgan fingerprint density at radius 3 is 2.52 bits per heavy atom. The van der Waals surface area contributed by atoms with Crippen molar-refractivity contribution in [1.82, 2.24) is 9.97 Å². The highest BCUT2D eigenvalue weighted by Crippen LogP contribution is 2.27. The maximum Gasteiger partial charge on any atom is 0.255 e. The fourth-order valence-corrected chi connectivity index (χ4v) is 3.48. The van der Waals surface area contributed by atoms with E-state index in [1.165, 1.54) is 29.0 Å². The van der Waals surface area contributed by atoms with Crippen LogP contribution in [0.25, 0.3) is 0 Å². The number of hydrogen-bond acceptors (Lipinski definition) is 5. The van der Waals surface area contributed by atoms with Crippen LogP contribution in [0.1, 0.15) is 63.5 Å². The van der Waals surface area contributed by atoms with Gasteiger partial charge in [0.25, 0.3) is 5.91 Å². The van der Waals surface area contributed by atoms with Crippen LogP contribution in [0, 0.1) is 13.8 Å². The number of primary amides is 1. The van der Waals surface area contributed by atoms with Gasteiger partial charge in [0.2, 0.25) is 5.88 Å². The number of allylic oxidation sites excluding steroid dienone is 2. The molecule has 0 atom stereocenters. The van der Waals surface area contributed by atoms with Crippen LogP contribution in [0.15, 0.2) is 60.3 Å². The lowest BCUT2D eigenvalue weighted by molar-refractivity contribution is 0.0996. The molecule has 2 aromatic carbocycles. The van der Waals surface area contributed by atoms with Crippen molar-refractivity contribution in [3.8, 4) is 11.6 Å². The number of aryl methyl sites for hydroxylation is 4. The van der Waals surface area contributed by atoms with E-state index < -0.39 is 5.91 Å². The molecule has 3 rings (SSSR count). The topological polar surface area (TPSA) is 95.2 Å². The second kappa shape index (κ2) is 10.7. The molecular formula is C27H29N3O3. The summed E-state index contributed by atoms with van der Waals surface area (Å²) in [4.78, 5) is 33.3. The van der Waals surface area contributed by atoms with Gasteiger partial charge >= 0.3 is 0 Å². The number of ketones is 1. The molecule has 170 valence electrons. The molecule has 0 fully saturated rings. The van der Waals surface area contributed by atoms with Gasteiger partial charge in [-0.2, -0.15) is 4.98 Å². The van der Waals surface area contributed by atoms with Crippen LogP contribution in [0.5, 0.6) is 11.6 Å². The SMILES string of the molecule is CC(C)=CC(=O)c1ccccc1Oc1nc(CCCc2cc(C)ccc2C)ncc1C(N)=O. The van der Waals surface area contributed by atoms with E-state index in [2.05, 4.69) is 42.0 Å². The number of carbonyl (C=O) groups excluding carboxylic acids is 2. The predicted molar refractivity (Wildman–Crippen MR) is 129 cm³/mol. The Labute approximate surface area is 194 Å². The summed E-state index contributed by atoms with van der Waals surface area (Å²) in [7, 11) is 0. The molecule has 6 heteroatoms. The average molecular weight is 444 g/mol. The highest BCUT2D eigenvalue weighted by molar-refractivity contribution is 6.07. The summed E-state index contributed by atoms with van der Waals surface area (Å²) in [6, 6.07) is 13.3. The molecule has 0 aliphatic carbocycles. The molecule has 0 bridgehead atoms. The zero-order chi connectivity index (χ0) is 24.0. The number of ether oxygens (including phenoxy) is 1. The molecule has 0 unspecified atom stereocenters. The zero-order valence-corrected chi connectivity index (χ0v) is 19.5. The van der Waals surface area contributed by atoms with Crippen LogP contribution in [0.2, 0.25) is 0 Å². The van der Waals surface area contributed by atoms with Gasteiger partial charge < -0.3 is 10.5 Å². The minimum absolute atomic E-state index is 0.0525. The number of nitrogens with two attached hydrogens (primary N) is 1. The maximum atomic E-state index is 12.6. The first-order chi connectivity index (χ1) is 15.7. The molecule has 1 aromatic heterocycles. The first-order valence-corrected chi connectivity index (χ1v) is 10.9. The number of benzene rings is 2. The monoisotopic (exact) mass is 443 g/mol. The largest absolute Gasteiger partial charge is 0.437 e. The highest BCUT2D eigenvalue weighted by atomic mass is 16.5. The Hall–Kier alpha value is -3.80. The summed E-state index contributed by atoms with van der Waals surface area (Å²) >= 11 is 0. The van der Waals surface area contributed by atoms with Crippen molar-refractivity contribution < 1.29 is 14.3 Å². The van der Waals surface area contributed by atoms with Crippen molar-refractivity contribution in [2.45, 2.75) is 47.0 Å². The number of para-hydroxylation sites is 1. The quantitative estimate of drug-likeness (QED) is 0.357. The third-order valence-electron chi connectivity index (χ3n) is 5.20. The van der Waals surface area contributed by atoms with Gasteiger partial charge in [-0.3, -0.25) is 9.59 Å². The van der Waals surface area contributed by atoms with E-state index in [1.54, 1.807) is 24.3 Å². The van der Waals surface area contributed by atoms with Crippen molar-refractivity contribution in [2.24, 2.45) is 5.73 Å². The summed E-state index contributed by atoms with van der Waals surface area (Å²) in [6.45, 7) is 7.88. The van der Waals surface area contributed by atoms with Crippen molar-refractivity contribution in [1.29, 1.82) is 0 Å². The normalized spacial score (nSPS) is 10.5. The number of amides is 1. The minimum atomic E-state index is -0.694. The lowest BCUT2D eigenvalue weighted by Crippen LogP contribution is -2.15. The fraction of sp³-hybridized carbons (Fsp3) is 0.259. The molecular weight excluding hydrogens is 414 g/mol. The lowest BCUT2D eigenvalue weighted by Gasteiger charge is -2.12. The number of nitrogens with zero attached hydrogens (tertiary/aromatic N) is 2. The molecule has 2 N–H and O–H groups in total. The molecule has 0 radical (unpaired) electrons. The minimum Gasteiger partial charge on any atom is -0.437 e. The summed E-state index contributed by atoms with van der Waals surface area (Å²) < 4.78 is 5.94. The van der Waals surface area contributed by atoms with Crippen molar-refractivity contribution >= 4 is 11.7 Å². The summed E-state index contributed by atoms with van der Waals surface area (Å²) in [5, 5.41) is 0. The van der Waals surface area contributed by atoms with Crippen LogP contribution in [0.3, 0.4) is 0 Å². The number of aromatic nitrogens is 2. The predicted octanol–water partition coefficient (Wildman–Crippen LogP) is 5.31. The van der Waals surface area contributed by atoms with E-state index in [1.807, 2.05) is 13.8 Å². The summed E-state index contributed by atoms with van der Waals surface area (Å²) in [5.74, 6) is 0.0294. The molecule has 0 aliphatic heterocycles. The molecule has 1 heterocycles. The molecule has 0 spiro atoms. The first-order valence-electron chi connectivity index (χ1n) is 10.9. The molecule has 0 aliphatic rings. The van der Waals surface area contributed by atoms with Gasteiger partial charge in [0.05, 0.1) is 5.56 Å². The highest BCUT2D eigenvalue weighted by Gasteiger charge is 2.18. The van der Waals surface area contributed by atoms with Gasteiger partial charge in [0, 0.05) is 12.6 Å². The van der Waals surface area contributed by atoms with E-state index in [9.17, 15) is 9.59 Å². The van der Waals surface area contributed by atoms with E-state index in [-0.39, 0.29) is 17.2 Å². The summed E-state index contributed by atoms with van der Waals surface area (Å²) in [5.41, 5.74) is 10.6. The fourth-order valence-electron chi connectivity index (χ4n) is 3.48. The molecule has 0 saturated carbocycles. The van der Waals surface area contributed by atoms with Crippen molar-refractivity contribution in [3.63, 3.8) is 0 Å². The van der Waals surface area contributed by atoms with Crippen LogP contribution in [0.4, 0.5) is 0 Å². The third-order valence-corrected chi connectivity index (χ3v) is 5.20. The van der Waals surface area contributed by atoms with Crippen LogP contribution in [-0.2, 0) is 12.8 Å². The first kappa shape index (κ1) is 23.9. The summed E-state index contributed by atoms with van der Waals surface area (Å²) in [6.07, 6.45) is 5.27. The molecule has 33 heavy (non-hydrogen) atoms. The standard InChI is InChI=1S/C27H29N3O3/c1-17(2)14-23(31)21-9-5-6-10-24(21)33-27-22(26(28)32)16-29-25(30-27)11-7-8-20-15-18(3)12-13-19(20)4/h5-6,9-10,12-16H,7-8,11H2,1-4H3,(H2,28,32). The van der Waals surface area contributed by atoms with Gasteiger partial charge in [0.1, 0.15) is 17.1 Å². The lowest BCUT2D eigenvalue weighted by atomic mass is 10.0. The zero-order valence-electron chi connectivity index (χ0n) is 19.5. The average Bonchev–Trinajstić information content (AvgIpc) is 2.76. The Morgan fingerprint density at radius 1 is 1.03 bits per heavy atom. The molecule has 1 amide bonds. The van der Waals surface area contributed by atoms with Gasteiger partial charge in [-0.15, -0.1) is 0 Å². The van der Waals surface area contributed by atoms with Crippen LogP contribution in [-0.4, -0.2) is 21.7 Å². The van der Waals surface area contributed by atoms with Gasteiger partial charge in [-0.1, -0.05) is 41.5 Å². The molecule has 0 saturated heterocycles. The van der Waals surface area contributed by atoms with Crippen molar-refractivity contribution in [2.75, 3.05) is 0 Å². The van der Waals surface area contributed by atoms with E-state index in [0.717, 1.165) is 18.4 Å². The Kier molecular flexibility index (Phi) is 7.72. The van der Waals surface area contributed by atoms with Crippen molar-refractivity contribution in [3.05, 3.63) is 94.0 Å². The maximum absolute atomic E-state index is 12.6. The number of hydrogen-bond donors (Lipinski definition) is 1. The Morgan fingerprint density at radius 2 is 1.79 bits per heavy atom. The van der Waals surface area contributed by atoms with Crippen LogP contribution >= 0.6 is 0 Å². The number of carbonyl (C=O) groups is 2. The van der Waals surface area contributed by atoms with Gasteiger partial charge in [-0.25, -0.2) is 4.98 Å². The van der Waals surface area contributed by atoms with E-state index >= 15 is 0 Å². The van der Waals surface area contributed by atoms with Gasteiger partial charge in [-0.05, 0) is 69.9 Å². The van der Waals surface area contributed by atoms with Crippen LogP contribution < -0.4 is 10.5 Å². The Balaban J connectivity index is 1.83. The Bertz CT molecular complexity index is 1210. The van der Waals surface area contributed by atoms with Gasteiger partial charge in [0.15, 0.2) is 5.78 Å². The van der Waals surface area contributed by atoms with E-state index in [0.29, 0.717) is 23.6 Å². The third kappa shape index (κ3) is 6.35. The second-order valence-electron chi connectivity index (χ2n) is 8.34. The van der Waals surface area contributed by atoms with E-state index in [4.69, 9.17) is 10.5 Å². The smallest absolute Gasteiger partial charge is 0.255 e. The number of rotatable bonds is 9.